The fourth-order valence-corrected chi connectivity index (χ4v) is 4.12. The number of aromatic nitrogens is 2. The van der Waals surface area contributed by atoms with Crippen LogP contribution in [0.3, 0.4) is 0 Å². The van der Waals surface area contributed by atoms with E-state index in [0.717, 1.165) is 42.3 Å². The molecule has 4 heterocycles. The molecule has 0 unspecified atom stereocenters. The van der Waals surface area contributed by atoms with E-state index in [2.05, 4.69) is 48.9 Å². The summed E-state index contributed by atoms with van der Waals surface area (Å²) in [6.45, 7) is 9.80. The highest BCUT2D eigenvalue weighted by Crippen LogP contribution is 2.33. The Kier molecular flexibility index (Phi) is 4.81. The largest absolute Gasteiger partial charge is 0.484 e. The predicted octanol–water partition coefficient (Wildman–Crippen LogP) is 3.49. The zero-order chi connectivity index (χ0) is 18.1. The lowest BCUT2D eigenvalue weighted by atomic mass is 9.98. The molecule has 138 valence electrons. The highest BCUT2D eigenvalue weighted by Gasteiger charge is 2.28. The molecule has 2 aliphatic heterocycles. The summed E-state index contributed by atoms with van der Waals surface area (Å²) in [5.41, 5.74) is 4.70. The molecule has 0 amide bonds. The maximum atomic E-state index is 5.64. The molecule has 0 spiro atoms. The van der Waals surface area contributed by atoms with Crippen molar-refractivity contribution >= 4 is 0 Å². The van der Waals surface area contributed by atoms with Crippen LogP contribution in [0.5, 0.6) is 11.6 Å². The third-order valence-corrected chi connectivity index (χ3v) is 5.39. The molecule has 0 N–H and O–H groups in total. The van der Waals surface area contributed by atoms with Crippen LogP contribution < -0.4 is 9.47 Å². The van der Waals surface area contributed by atoms with Crippen LogP contribution in [0.4, 0.5) is 0 Å². The van der Waals surface area contributed by atoms with Crippen molar-refractivity contribution in [3.63, 3.8) is 0 Å². The Morgan fingerprint density at radius 2 is 1.88 bits per heavy atom. The minimum absolute atomic E-state index is 0.289. The average Bonchev–Trinajstić information content (AvgIpc) is 3.08. The first-order valence-electron chi connectivity index (χ1n) is 9.53. The highest BCUT2D eigenvalue weighted by molar-refractivity contribution is 5.36. The first kappa shape index (κ1) is 17.3. The second kappa shape index (κ2) is 7.23. The number of ether oxygens (including phenoxy) is 2. The van der Waals surface area contributed by atoms with Crippen molar-refractivity contribution < 1.29 is 9.47 Å². The van der Waals surface area contributed by atoms with E-state index in [1.165, 1.54) is 12.0 Å². The molecule has 26 heavy (non-hydrogen) atoms. The zero-order valence-electron chi connectivity index (χ0n) is 15.9. The van der Waals surface area contributed by atoms with Gasteiger partial charge in [-0.05, 0) is 75.9 Å². The van der Waals surface area contributed by atoms with Gasteiger partial charge in [0.25, 0.3) is 5.88 Å². The second-order valence-corrected chi connectivity index (χ2v) is 7.52. The molecule has 5 heteroatoms. The van der Waals surface area contributed by atoms with Crippen LogP contribution in [0.2, 0.25) is 0 Å². The normalized spacial score (nSPS) is 21.0. The average molecular weight is 353 g/mol. The van der Waals surface area contributed by atoms with Crippen LogP contribution in [0.15, 0.2) is 24.3 Å². The smallest absolute Gasteiger partial charge is 0.257 e. The molecule has 0 aliphatic carbocycles. The number of hydrogen-bond acceptors (Lipinski definition) is 5. The van der Waals surface area contributed by atoms with Gasteiger partial charge in [0.1, 0.15) is 13.2 Å². The molecular formula is C21H27N3O2. The third kappa shape index (κ3) is 3.68. The van der Waals surface area contributed by atoms with E-state index in [1.807, 2.05) is 6.07 Å². The molecule has 0 aromatic carbocycles. The van der Waals surface area contributed by atoms with E-state index < -0.39 is 0 Å². The van der Waals surface area contributed by atoms with Gasteiger partial charge in [-0.1, -0.05) is 0 Å². The monoisotopic (exact) mass is 353 g/mol. The number of hydrogen-bond donors (Lipinski definition) is 0. The number of rotatable bonds is 4. The fourth-order valence-electron chi connectivity index (χ4n) is 4.12. The molecule has 0 radical (unpaired) electrons. The molecule has 0 saturated carbocycles. The summed E-state index contributed by atoms with van der Waals surface area (Å²) in [5.74, 6) is 2.09. The minimum Gasteiger partial charge on any atom is -0.484 e. The Bertz CT molecular complexity index is 773. The summed E-state index contributed by atoms with van der Waals surface area (Å²) >= 11 is 0. The number of pyridine rings is 2. The second-order valence-electron chi connectivity index (χ2n) is 7.52. The van der Waals surface area contributed by atoms with Crippen LogP contribution >= 0.6 is 0 Å². The van der Waals surface area contributed by atoms with Gasteiger partial charge in [0.15, 0.2) is 5.75 Å². The summed E-state index contributed by atoms with van der Waals surface area (Å²) in [4.78, 5) is 11.7. The number of fused-ring (bicyclic) bond motifs is 1. The Hall–Kier alpha value is -2.14. The maximum Gasteiger partial charge on any atom is 0.257 e. The first-order chi connectivity index (χ1) is 12.6. The SMILES string of the molecule is Cc1cc(C[C@@H]2CCN([C@H](C)c3ccc4c(n3)OCCO4)C2)cc(C)n1. The van der Waals surface area contributed by atoms with Crippen molar-refractivity contribution in [3.05, 3.63) is 46.9 Å². The van der Waals surface area contributed by atoms with E-state index in [1.54, 1.807) is 0 Å². The van der Waals surface area contributed by atoms with Gasteiger partial charge >= 0.3 is 0 Å². The Morgan fingerprint density at radius 1 is 1.12 bits per heavy atom. The van der Waals surface area contributed by atoms with Gasteiger partial charge in [-0.3, -0.25) is 9.88 Å². The minimum atomic E-state index is 0.289. The van der Waals surface area contributed by atoms with E-state index in [9.17, 15) is 0 Å². The lowest BCUT2D eigenvalue weighted by Gasteiger charge is -2.25. The number of likely N-dealkylation sites (tertiary alicyclic amines) is 1. The van der Waals surface area contributed by atoms with Gasteiger partial charge in [0.2, 0.25) is 0 Å². The molecule has 2 aliphatic rings. The van der Waals surface area contributed by atoms with Crippen molar-refractivity contribution in [2.24, 2.45) is 5.92 Å². The fraction of sp³-hybridized carbons (Fsp3) is 0.524. The summed E-state index contributed by atoms with van der Waals surface area (Å²) < 4.78 is 11.2. The molecule has 1 saturated heterocycles. The summed E-state index contributed by atoms with van der Waals surface area (Å²) in [6, 6.07) is 8.80. The molecular weight excluding hydrogens is 326 g/mol. The van der Waals surface area contributed by atoms with Gasteiger partial charge in [-0.25, -0.2) is 4.98 Å². The quantitative estimate of drug-likeness (QED) is 0.842. The Balaban J connectivity index is 1.41. The van der Waals surface area contributed by atoms with Gasteiger partial charge in [-0.2, -0.15) is 0 Å². The standard InChI is InChI=1S/C21H27N3O2/c1-14-10-18(11-15(2)22-14)12-17-6-7-24(13-17)16(3)19-4-5-20-21(23-19)26-9-8-25-20/h4-5,10-11,16-17H,6-9,12-13H2,1-3H3/t16-,17+/m1/s1. The predicted molar refractivity (Wildman–Crippen MR) is 101 cm³/mol. The van der Waals surface area contributed by atoms with Gasteiger partial charge in [0, 0.05) is 24.0 Å². The van der Waals surface area contributed by atoms with Crippen LogP contribution in [-0.2, 0) is 6.42 Å². The van der Waals surface area contributed by atoms with Gasteiger partial charge in [-0.15, -0.1) is 0 Å². The van der Waals surface area contributed by atoms with Crippen molar-refractivity contribution in [3.8, 4) is 11.6 Å². The maximum absolute atomic E-state index is 5.64. The lowest BCUT2D eigenvalue weighted by molar-refractivity contribution is 0.162. The van der Waals surface area contributed by atoms with Gasteiger partial charge < -0.3 is 9.47 Å². The molecule has 4 rings (SSSR count). The van der Waals surface area contributed by atoms with E-state index in [0.29, 0.717) is 25.0 Å². The summed E-state index contributed by atoms with van der Waals surface area (Å²) in [5, 5.41) is 0. The van der Waals surface area contributed by atoms with Gasteiger partial charge in [0.05, 0.1) is 5.69 Å². The van der Waals surface area contributed by atoms with Crippen molar-refractivity contribution in [2.75, 3.05) is 26.3 Å². The molecule has 2 aromatic rings. The zero-order valence-corrected chi connectivity index (χ0v) is 15.9. The number of nitrogens with zero attached hydrogens (tertiary/aromatic N) is 3. The Morgan fingerprint density at radius 3 is 2.69 bits per heavy atom. The topological polar surface area (TPSA) is 47.5 Å². The van der Waals surface area contributed by atoms with Crippen molar-refractivity contribution in [2.45, 2.75) is 39.7 Å². The first-order valence-corrected chi connectivity index (χ1v) is 9.53. The summed E-state index contributed by atoms with van der Waals surface area (Å²) in [6.07, 6.45) is 2.36. The third-order valence-electron chi connectivity index (χ3n) is 5.39. The lowest BCUT2D eigenvalue weighted by Crippen LogP contribution is -2.26. The van der Waals surface area contributed by atoms with Crippen molar-refractivity contribution in [1.82, 2.24) is 14.9 Å². The van der Waals surface area contributed by atoms with Crippen LogP contribution in [-0.4, -0.2) is 41.2 Å². The molecule has 2 aromatic heterocycles. The highest BCUT2D eigenvalue weighted by atomic mass is 16.6. The number of aryl methyl sites for hydroxylation is 2. The molecule has 0 bridgehead atoms. The Labute approximate surface area is 155 Å². The van der Waals surface area contributed by atoms with Crippen LogP contribution in [0.25, 0.3) is 0 Å². The molecule has 1 fully saturated rings. The molecule has 2 atom stereocenters. The van der Waals surface area contributed by atoms with E-state index in [4.69, 9.17) is 14.5 Å². The summed E-state index contributed by atoms with van der Waals surface area (Å²) in [7, 11) is 0. The van der Waals surface area contributed by atoms with Crippen molar-refractivity contribution in [1.29, 1.82) is 0 Å². The molecule has 5 nitrogen and oxygen atoms in total. The van der Waals surface area contributed by atoms with E-state index >= 15 is 0 Å². The van der Waals surface area contributed by atoms with Crippen LogP contribution in [0, 0.1) is 19.8 Å². The van der Waals surface area contributed by atoms with Crippen LogP contribution in [0.1, 0.15) is 42.0 Å². The van der Waals surface area contributed by atoms with E-state index in [-0.39, 0.29) is 6.04 Å².